The van der Waals surface area contributed by atoms with E-state index in [0.717, 1.165) is 0 Å². The van der Waals surface area contributed by atoms with Gasteiger partial charge >= 0.3 is 0 Å². The monoisotopic (exact) mass is 258 g/mol. The number of carbonyl (C=O) groups is 1. The molecule has 94 valence electrons. The second-order valence-electron chi connectivity index (χ2n) is 4.10. The number of benzene rings is 1. The van der Waals surface area contributed by atoms with Gasteiger partial charge in [-0.25, -0.2) is 12.8 Å². The summed E-state index contributed by atoms with van der Waals surface area (Å²) < 4.78 is 35.6. The highest BCUT2D eigenvalue weighted by molar-refractivity contribution is 7.91. The Morgan fingerprint density at radius 1 is 1.24 bits per heavy atom. The molecule has 0 aliphatic rings. The topological polar surface area (TPSA) is 51.2 Å². The van der Waals surface area contributed by atoms with Gasteiger partial charge in [0.2, 0.25) is 0 Å². The maximum atomic E-state index is 12.6. The molecular formula is C12H15FO3S. The van der Waals surface area contributed by atoms with Crippen molar-refractivity contribution in [1.82, 2.24) is 0 Å². The molecule has 1 rings (SSSR count). The molecule has 0 radical (unpaired) electrons. The number of hydrogen-bond acceptors (Lipinski definition) is 3. The molecule has 5 heteroatoms. The Kier molecular flexibility index (Phi) is 4.40. The Morgan fingerprint density at radius 2 is 1.76 bits per heavy atom. The van der Waals surface area contributed by atoms with Crippen molar-refractivity contribution in [1.29, 1.82) is 0 Å². The van der Waals surface area contributed by atoms with Crippen LogP contribution in [0.5, 0.6) is 0 Å². The standard InChI is InChI=1S/C12H15FO3S/c1-9(2)17(15,16)8-7-12(14)10-3-5-11(13)6-4-10/h3-6,9H,7-8H2,1-2H3. The van der Waals surface area contributed by atoms with Gasteiger partial charge in [-0.1, -0.05) is 0 Å². The molecule has 0 N–H and O–H groups in total. The molecule has 3 nitrogen and oxygen atoms in total. The molecule has 0 aliphatic carbocycles. The van der Waals surface area contributed by atoms with Crippen LogP contribution in [0.4, 0.5) is 4.39 Å². The third-order valence-corrected chi connectivity index (χ3v) is 4.71. The highest BCUT2D eigenvalue weighted by Gasteiger charge is 2.18. The summed E-state index contributed by atoms with van der Waals surface area (Å²) >= 11 is 0. The lowest BCUT2D eigenvalue weighted by atomic mass is 10.1. The smallest absolute Gasteiger partial charge is 0.163 e. The van der Waals surface area contributed by atoms with E-state index in [4.69, 9.17) is 0 Å². The second-order valence-corrected chi connectivity index (χ2v) is 6.77. The van der Waals surface area contributed by atoms with Gasteiger partial charge in [0.15, 0.2) is 15.6 Å². The van der Waals surface area contributed by atoms with Crippen molar-refractivity contribution in [3.05, 3.63) is 35.6 Å². The average molecular weight is 258 g/mol. The molecule has 0 aromatic heterocycles. The van der Waals surface area contributed by atoms with Crippen LogP contribution in [0.3, 0.4) is 0 Å². The predicted octanol–water partition coefficient (Wildman–Crippen LogP) is 2.22. The van der Waals surface area contributed by atoms with Gasteiger partial charge in [-0.05, 0) is 38.1 Å². The molecule has 0 spiro atoms. The van der Waals surface area contributed by atoms with Crippen molar-refractivity contribution in [3.8, 4) is 0 Å². The molecule has 0 saturated heterocycles. The maximum Gasteiger partial charge on any atom is 0.163 e. The van der Waals surface area contributed by atoms with Gasteiger partial charge in [-0.2, -0.15) is 0 Å². The third kappa shape index (κ3) is 3.93. The van der Waals surface area contributed by atoms with E-state index in [1.54, 1.807) is 13.8 Å². The number of hydrogen-bond donors (Lipinski definition) is 0. The van der Waals surface area contributed by atoms with Crippen molar-refractivity contribution in [3.63, 3.8) is 0 Å². The van der Waals surface area contributed by atoms with Crippen LogP contribution >= 0.6 is 0 Å². The number of sulfone groups is 1. The first-order valence-corrected chi connectivity index (χ1v) is 7.05. The van der Waals surface area contributed by atoms with Crippen molar-refractivity contribution in [2.24, 2.45) is 0 Å². The largest absolute Gasteiger partial charge is 0.294 e. The first kappa shape index (κ1) is 13.8. The Bertz CT molecular complexity index is 489. The number of halogens is 1. The minimum absolute atomic E-state index is 0.0633. The molecule has 0 fully saturated rings. The summed E-state index contributed by atoms with van der Waals surface area (Å²) in [5, 5.41) is -0.483. The van der Waals surface area contributed by atoms with Crippen molar-refractivity contribution in [2.75, 3.05) is 5.75 Å². The molecular weight excluding hydrogens is 243 g/mol. The summed E-state index contributed by atoms with van der Waals surface area (Å²) in [5.74, 6) is -0.869. The first-order valence-electron chi connectivity index (χ1n) is 5.33. The third-order valence-electron chi connectivity index (χ3n) is 2.50. The molecule has 0 aliphatic heterocycles. The van der Waals surface area contributed by atoms with Crippen LogP contribution in [0.15, 0.2) is 24.3 Å². The van der Waals surface area contributed by atoms with Crippen molar-refractivity contribution < 1.29 is 17.6 Å². The van der Waals surface area contributed by atoms with Gasteiger partial charge in [-0.15, -0.1) is 0 Å². The van der Waals surface area contributed by atoms with Gasteiger partial charge < -0.3 is 0 Å². The lowest BCUT2D eigenvalue weighted by molar-refractivity contribution is 0.0988. The number of carbonyl (C=O) groups excluding carboxylic acids is 1. The molecule has 0 heterocycles. The summed E-state index contributed by atoms with van der Waals surface area (Å²) in [5.41, 5.74) is 0.338. The van der Waals surface area contributed by atoms with Gasteiger partial charge in [0.1, 0.15) is 5.82 Å². The van der Waals surface area contributed by atoms with E-state index in [1.807, 2.05) is 0 Å². The highest BCUT2D eigenvalue weighted by atomic mass is 32.2. The fourth-order valence-corrected chi connectivity index (χ4v) is 2.19. The van der Waals surface area contributed by atoms with Crippen molar-refractivity contribution >= 4 is 15.6 Å². The molecule has 1 aromatic rings. The van der Waals surface area contributed by atoms with Crippen LogP contribution < -0.4 is 0 Å². The highest BCUT2D eigenvalue weighted by Crippen LogP contribution is 2.09. The summed E-state index contributed by atoms with van der Waals surface area (Å²) in [6.45, 7) is 3.16. The van der Waals surface area contributed by atoms with E-state index in [1.165, 1.54) is 24.3 Å². The van der Waals surface area contributed by atoms with E-state index in [0.29, 0.717) is 5.56 Å². The van der Waals surface area contributed by atoms with Crippen molar-refractivity contribution in [2.45, 2.75) is 25.5 Å². The van der Waals surface area contributed by atoms with Crippen LogP contribution in [0.2, 0.25) is 0 Å². The lowest BCUT2D eigenvalue weighted by Gasteiger charge is -2.06. The zero-order valence-electron chi connectivity index (χ0n) is 9.81. The molecule has 0 amide bonds. The minimum Gasteiger partial charge on any atom is -0.294 e. The lowest BCUT2D eigenvalue weighted by Crippen LogP contribution is -2.19. The van der Waals surface area contributed by atoms with Gasteiger partial charge in [0.25, 0.3) is 0 Å². The molecule has 0 atom stereocenters. The molecule has 0 unspecified atom stereocenters. The number of rotatable bonds is 5. The first-order chi connectivity index (χ1) is 7.83. The summed E-state index contributed by atoms with van der Waals surface area (Å²) in [7, 11) is -3.20. The minimum atomic E-state index is -3.20. The second kappa shape index (κ2) is 5.40. The Labute approximate surface area is 101 Å². The zero-order chi connectivity index (χ0) is 13.1. The number of Topliss-reactive ketones (excluding diaryl/α,β-unsaturated/α-hetero) is 1. The Balaban J connectivity index is 2.65. The van der Waals surface area contributed by atoms with Crippen LogP contribution in [0.1, 0.15) is 30.6 Å². The predicted molar refractivity (Wildman–Crippen MR) is 64.3 cm³/mol. The quantitative estimate of drug-likeness (QED) is 0.761. The summed E-state index contributed by atoms with van der Waals surface area (Å²) in [4.78, 5) is 11.6. The zero-order valence-corrected chi connectivity index (χ0v) is 10.6. The van der Waals surface area contributed by atoms with Gasteiger partial charge in [0, 0.05) is 12.0 Å². The van der Waals surface area contributed by atoms with Gasteiger partial charge in [0.05, 0.1) is 11.0 Å². The van der Waals surface area contributed by atoms with Crippen LogP contribution in [-0.2, 0) is 9.84 Å². The molecule has 17 heavy (non-hydrogen) atoms. The Morgan fingerprint density at radius 3 is 2.24 bits per heavy atom. The normalized spacial score (nSPS) is 11.8. The summed E-state index contributed by atoms with van der Waals surface area (Å²) in [6, 6.07) is 5.09. The van der Waals surface area contributed by atoms with E-state index in [9.17, 15) is 17.6 Å². The molecule has 1 aromatic carbocycles. The SMILES string of the molecule is CC(C)S(=O)(=O)CCC(=O)c1ccc(F)cc1. The van der Waals surface area contributed by atoms with E-state index in [2.05, 4.69) is 0 Å². The van der Waals surface area contributed by atoms with E-state index >= 15 is 0 Å². The van der Waals surface area contributed by atoms with Crippen LogP contribution in [0, 0.1) is 5.82 Å². The van der Waals surface area contributed by atoms with E-state index in [-0.39, 0.29) is 18.0 Å². The van der Waals surface area contributed by atoms with Gasteiger partial charge in [-0.3, -0.25) is 4.79 Å². The molecule has 0 saturated carbocycles. The van der Waals surface area contributed by atoms with Crippen LogP contribution in [-0.4, -0.2) is 25.2 Å². The fraction of sp³-hybridized carbons (Fsp3) is 0.417. The Hall–Kier alpha value is -1.23. The maximum absolute atomic E-state index is 12.6. The van der Waals surface area contributed by atoms with E-state index < -0.39 is 20.9 Å². The fourth-order valence-electron chi connectivity index (χ4n) is 1.25. The molecule has 0 bridgehead atoms. The van der Waals surface area contributed by atoms with Crippen LogP contribution in [0.25, 0.3) is 0 Å². The summed E-state index contributed by atoms with van der Waals surface area (Å²) in [6.07, 6.45) is -0.0633. The number of ketones is 1. The average Bonchev–Trinajstić information content (AvgIpc) is 2.27.